The minimum absolute atomic E-state index is 0.656. The Morgan fingerprint density at radius 2 is 1.50 bits per heavy atom. The number of imidazole rings is 1. The molecule has 0 amide bonds. The first-order valence-electron chi connectivity index (χ1n) is 8.70. The Labute approximate surface area is 157 Å². The Balaban J connectivity index is 1.49. The van der Waals surface area contributed by atoms with Crippen LogP contribution in [0.3, 0.4) is 0 Å². The van der Waals surface area contributed by atoms with Crippen molar-refractivity contribution >= 4 is 22.8 Å². The Morgan fingerprint density at radius 3 is 2.31 bits per heavy atom. The molecular formula is C22H20N2OS. The molecule has 0 atom stereocenters. The van der Waals surface area contributed by atoms with E-state index in [1.165, 1.54) is 11.1 Å². The van der Waals surface area contributed by atoms with Crippen molar-refractivity contribution in [2.45, 2.75) is 11.7 Å². The molecule has 0 bridgehead atoms. The Kier molecular flexibility index (Phi) is 5.22. The van der Waals surface area contributed by atoms with Gasteiger partial charge in [0.2, 0.25) is 0 Å². The van der Waals surface area contributed by atoms with Crippen LogP contribution in [0, 0.1) is 0 Å². The van der Waals surface area contributed by atoms with Crippen molar-refractivity contribution in [3.8, 4) is 5.75 Å². The first-order valence-corrected chi connectivity index (χ1v) is 9.68. The summed E-state index contributed by atoms with van der Waals surface area (Å²) in [6.07, 6.45) is 0. The highest BCUT2D eigenvalue weighted by molar-refractivity contribution is 7.99. The third-order valence-electron chi connectivity index (χ3n) is 4.13. The summed E-state index contributed by atoms with van der Waals surface area (Å²) in [4.78, 5) is 4.82. The van der Waals surface area contributed by atoms with Crippen LogP contribution in [-0.2, 0) is 6.54 Å². The fourth-order valence-electron chi connectivity index (χ4n) is 2.89. The van der Waals surface area contributed by atoms with E-state index < -0.39 is 0 Å². The normalized spacial score (nSPS) is 10.9. The van der Waals surface area contributed by atoms with Crippen molar-refractivity contribution < 1.29 is 4.74 Å². The molecule has 0 N–H and O–H groups in total. The SMILES string of the molecule is c1ccc(Cn2c(SCCOc3ccccc3)nc3ccccc32)cc1. The smallest absolute Gasteiger partial charge is 0.169 e. The predicted molar refractivity (Wildman–Crippen MR) is 108 cm³/mol. The summed E-state index contributed by atoms with van der Waals surface area (Å²) in [6, 6.07) is 28.8. The first-order chi connectivity index (χ1) is 12.9. The molecule has 0 aliphatic heterocycles. The van der Waals surface area contributed by atoms with Gasteiger partial charge >= 0.3 is 0 Å². The minimum atomic E-state index is 0.656. The standard InChI is InChI=1S/C22H20N2OS/c1-3-9-18(10-4-1)17-24-21-14-8-7-13-20(21)23-22(24)26-16-15-25-19-11-5-2-6-12-19/h1-14H,15-17H2. The highest BCUT2D eigenvalue weighted by Gasteiger charge is 2.11. The fourth-order valence-corrected chi connectivity index (χ4v) is 3.72. The zero-order valence-electron chi connectivity index (χ0n) is 14.4. The summed E-state index contributed by atoms with van der Waals surface area (Å²) in [6.45, 7) is 1.48. The summed E-state index contributed by atoms with van der Waals surface area (Å²) >= 11 is 1.74. The van der Waals surface area contributed by atoms with Gasteiger partial charge in [-0.15, -0.1) is 0 Å². The monoisotopic (exact) mass is 360 g/mol. The van der Waals surface area contributed by atoms with E-state index in [4.69, 9.17) is 9.72 Å². The molecule has 3 nitrogen and oxygen atoms in total. The highest BCUT2D eigenvalue weighted by atomic mass is 32.2. The van der Waals surface area contributed by atoms with Gasteiger partial charge in [0, 0.05) is 5.75 Å². The number of ether oxygens (including phenoxy) is 1. The number of thioether (sulfide) groups is 1. The number of para-hydroxylation sites is 3. The number of benzene rings is 3. The van der Waals surface area contributed by atoms with E-state index in [-0.39, 0.29) is 0 Å². The maximum absolute atomic E-state index is 5.80. The molecule has 0 radical (unpaired) electrons. The Bertz CT molecular complexity index is 967. The first kappa shape index (κ1) is 16.7. The van der Waals surface area contributed by atoms with Crippen molar-refractivity contribution in [3.05, 3.63) is 90.5 Å². The molecule has 4 rings (SSSR count). The molecule has 0 aliphatic carbocycles. The lowest BCUT2D eigenvalue weighted by Gasteiger charge is -2.10. The van der Waals surface area contributed by atoms with Gasteiger partial charge in [0.25, 0.3) is 0 Å². The fraction of sp³-hybridized carbons (Fsp3) is 0.136. The van der Waals surface area contributed by atoms with E-state index >= 15 is 0 Å². The van der Waals surface area contributed by atoms with E-state index in [0.29, 0.717) is 6.61 Å². The summed E-state index contributed by atoms with van der Waals surface area (Å²) in [5.74, 6) is 1.76. The molecule has 0 fully saturated rings. The number of aromatic nitrogens is 2. The molecule has 26 heavy (non-hydrogen) atoms. The van der Waals surface area contributed by atoms with Gasteiger partial charge in [-0.05, 0) is 29.8 Å². The second-order valence-corrected chi connectivity index (χ2v) is 7.03. The molecule has 0 aliphatic rings. The lowest BCUT2D eigenvalue weighted by atomic mass is 10.2. The summed E-state index contributed by atoms with van der Waals surface area (Å²) in [7, 11) is 0. The van der Waals surface area contributed by atoms with Crippen LogP contribution in [0.15, 0.2) is 90.1 Å². The Hall–Kier alpha value is -2.72. The van der Waals surface area contributed by atoms with Crippen molar-refractivity contribution in [1.29, 1.82) is 0 Å². The summed E-state index contributed by atoms with van der Waals surface area (Å²) in [5, 5.41) is 1.03. The lowest BCUT2D eigenvalue weighted by molar-refractivity contribution is 0.344. The van der Waals surface area contributed by atoms with Crippen molar-refractivity contribution in [2.75, 3.05) is 12.4 Å². The second kappa shape index (κ2) is 8.11. The zero-order valence-corrected chi connectivity index (χ0v) is 15.2. The molecule has 4 aromatic rings. The highest BCUT2D eigenvalue weighted by Crippen LogP contribution is 2.25. The van der Waals surface area contributed by atoms with Gasteiger partial charge in [0.05, 0.1) is 24.2 Å². The molecule has 3 aromatic carbocycles. The van der Waals surface area contributed by atoms with Crippen LogP contribution in [0.25, 0.3) is 11.0 Å². The average Bonchev–Trinajstić information content (AvgIpc) is 3.04. The minimum Gasteiger partial charge on any atom is -0.493 e. The van der Waals surface area contributed by atoms with E-state index in [1.54, 1.807) is 11.8 Å². The molecule has 1 aromatic heterocycles. The van der Waals surface area contributed by atoms with Gasteiger partial charge in [-0.1, -0.05) is 72.4 Å². The van der Waals surface area contributed by atoms with E-state index in [0.717, 1.165) is 28.7 Å². The van der Waals surface area contributed by atoms with Crippen LogP contribution in [0.1, 0.15) is 5.56 Å². The molecule has 0 saturated carbocycles. The number of hydrogen-bond acceptors (Lipinski definition) is 3. The Morgan fingerprint density at radius 1 is 0.808 bits per heavy atom. The zero-order chi connectivity index (χ0) is 17.6. The molecular weight excluding hydrogens is 340 g/mol. The topological polar surface area (TPSA) is 27.1 Å². The quantitative estimate of drug-likeness (QED) is 0.332. The van der Waals surface area contributed by atoms with E-state index in [2.05, 4.69) is 47.0 Å². The van der Waals surface area contributed by atoms with Crippen LogP contribution >= 0.6 is 11.8 Å². The van der Waals surface area contributed by atoms with Crippen LogP contribution in [0.5, 0.6) is 5.75 Å². The summed E-state index contributed by atoms with van der Waals surface area (Å²) < 4.78 is 8.09. The summed E-state index contributed by atoms with van der Waals surface area (Å²) in [5.41, 5.74) is 3.48. The van der Waals surface area contributed by atoms with Crippen LogP contribution < -0.4 is 4.74 Å². The largest absolute Gasteiger partial charge is 0.493 e. The number of hydrogen-bond donors (Lipinski definition) is 0. The molecule has 130 valence electrons. The molecule has 0 spiro atoms. The van der Waals surface area contributed by atoms with E-state index in [1.807, 2.05) is 42.5 Å². The number of rotatable bonds is 7. The van der Waals surface area contributed by atoms with Gasteiger partial charge in [0.1, 0.15) is 5.75 Å². The van der Waals surface area contributed by atoms with Crippen molar-refractivity contribution in [3.63, 3.8) is 0 Å². The van der Waals surface area contributed by atoms with Crippen LogP contribution in [-0.4, -0.2) is 21.9 Å². The van der Waals surface area contributed by atoms with Gasteiger partial charge < -0.3 is 9.30 Å². The maximum Gasteiger partial charge on any atom is 0.169 e. The lowest BCUT2D eigenvalue weighted by Crippen LogP contribution is -2.04. The van der Waals surface area contributed by atoms with Gasteiger partial charge in [-0.2, -0.15) is 0 Å². The third kappa shape index (κ3) is 3.92. The molecule has 0 unspecified atom stereocenters. The van der Waals surface area contributed by atoms with Crippen LogP contribution in [0.2, 0.25) is 0 Å². The number of nitrogens with zero attached hydrogens (tertiary/aromatic N) is 2. The second-order valence-electron chi connectivity index (χ2n) is 5.96. The third-order valence-corrected chi connectivity index (χ3v) is 5.07. The van der Waals surface area contributed by atoms with Gasteiger partial charge in [-0.25, -0.2) is 4.98 Å². The van der Waals surface area contributed by atoms with Gasteiger partial charge in [-0.3, -0.25) is 0 Å². The van der Waals surface area contributed by atoms with Gasteiger partial charge in [0.15, 0.2) is 5.16 Å². The van der Waals surface area contributed by atoms with Crippen molar-refractivity contribution in [1.82, 2.24) is 9.55 Å². The van der Waals surface area contributed by atoms with Crippen molar-refractivity contribution in [2.24, 2.45) is 0 Å². The number of fused-ring (bicyclic) bond motifs is 1. The molecule has 0 saturated heterocycles. The molecule has 1 heterocycles. The van der Waals surface area contributed by atoms with Crippen LogP contribution in [0.4, 0.5) is 0 Å². The maximum atomic E-state index is 5.80. The predicted octanol–water partition coefficient (Wildman–Crippen LogP) is 5.26. The average molecular weight is 360 g/mol. The molecule has 4 heteroatoms. The van der Waals surface area contributed by atoms with E-state index in [9.17, 15) is 0 Å².